The van der Waals surface area contributed by atoms with Gasteiger partial charge in [0.15, 0.2) is 0 Å². The maximum Gasteiger partial charge on any atom is 0.341 e. The van der Waals surface area contributed by atoms with Crippen molar-refractivity contribution in [1.29, 1.82) is 0 Å². The van der Waals surface area contributed by atoms with Gasteiger partial charge in [0.1, 0.15) is 0 Å². The number of aromatic nitrogens is 2. The van der Waals surface area contributed by atoms with Gasteiger partial charge in [-0.3, -0.25) is 4.79 Å². The number of halogens is 2. The molecule has 0 radical (unpaired) electrons. The van der Waals surface area contributed by atoms with E-state index >= 15 is 0 Å². The molecule has 0 saturated heterocycles. The first kappa shape index (κ1) is 21.4. The first-order chi connectivity index (χ1) is 14.2. The quantitative estimate of drug-likeness (QED) is 0.595. The third-order valence-electron chi connectivity index (χ3n) is 4.44. The molecule has 6 nitrogen and oxygen atoms in total. The van der Waals surface area contributed by atoms with Crippen LogP contribution in [0.2, 0.25) is 0 Å². The molecule has 3 rings (SSSR count). The summed E-state index contributed by atoms with van der Waals surface area (Å²) in [6.07, 6.45) is 2.76. The highest BCUT2D eigenvalue weighted by Crippen LogP contribution is 2.26. The molecule has 1 aromatic heterocycles. The Morgan fingerprint density at radius 3 is 2.37 bits per heavy atom. The summed E-state index contributed by atoms with van der Waals surface area (Å²) in [7, 11) is -4.85. The number of carbonyl (C=O) groups is 1. The van der Waals surface area contributed by atoms with E-state index in [0.29, 0.717) is 5.69 Å². The van der Waals surface area contributed by atoms with E-state index in [0.717, 1.165) is 23.0 Å². The van der Waals surface area contributed by atoms with Crippen LogP contribution in [0.5, 0.6) is 0 Å². The second-order valence-corrected chi connectivity index (χ2v) is 8.34. The highest BCUT2D eigenvalue weighted by Gasteiger charge is 2.29. The SMILES string of the molecule is Cc1nn(-c2ccccc2)c(C)c1/C=C/C(=O)Nc1ccccc1S(=O)(=O)C(F)F. The van der Waals surface area contributed by atoms with Gasteiger partial charge in [0.2, 0.25) is 15.7 Å². The molecule has 2 aromatic carbocycles. The Labute approximate surface area is 172 Å². The molecule has 0 atom stereocenters. The average molecular weight is 431 g/mol. The fourth-order valence-electron chi connectivity index (χ4n) is 2.96. The molecule has 0 saturated carbocycles. The summed E-state index contributed by atoms with van der Waals surface area (Å²) in [5, 5.41) is 6.83. The number of para-hydroxylation sites is 2. The summed E-state index contributed by atoms with van der Waals surface area (Å²) in [4.78, 5) is 11.7. The Bertz CT molecular complexity index is 1200. The second kappa shape index (κ2) is 8.58. The van der Waals surface area contributed by atoms with Crippen LogP contribution in [0.3, 0.4) is 0 Å². The van der Waals surface area contributed by atoms with E-state index in [1.807, 2.05) is 37.3 Å². The Hall–Kier alpha value is -3.33. The lowest BCUT2D eigenvalue weighted by Crippen LogP contribution is -2.16. The molecule has 0 aliphatic heterocycles. The smallest absolute Gasteiger partial charge is 0.321 e. The van der Waals surface area contributed by atoms with Crippen LogP contribution in [0.4, 0.5) is 14.5 Å². The lowest BCUT2D eigenvalue weighted by atomic mass is 10.2. The van der Waals surface area contributed by atoms with E-state index in [4.69, 9.17) is 0 Å². The standard InChI is InChI=1S/C21H19F2N3O3S/c1-14-17(15(2)26(25-14)16-8-4-3-5-9-16)12-13-20(27)24-18-10-6-7-11-19(18)30(28,29)21(22)23/h3-13,21H,1-2H3,(H,24,27)/b13-12+. The second-order valence-electron chi connectivity index (χ2n) is 6.46. The highest BCUT2D eigenvalue weighted by atomic mass is 32.2. The zero-order valence-electron chi connectivity index (χ0n) is 16.2. The van der Waals surface area contributed by atoms with Crippen LogP contribution >= 0.6 is 0 Å². The van der Waals surface area contributed by atoms with Crippen LogP contribution in [0.25, 0.3) is 11.8 Å². The van der Waals surface area contributed by atoms with Gasteiger partial charge in [-0.1, -0.05) is 30.3 Å². The van der Waals surface area contributed by atoms with Gasteiger partial charge in [-0.2, -0.15) is 13.9 Å². The van der Waals surface area contributed by atoms with Crippen molar-refractivity contribution in [3.05, 3.63) is 77.6 Å². The monoisotopic (exact) mass is 431 g/mol. The van der Waals surface area contributed by atoms with Gasteiger partial charge < -0.3 is 5.32 Å². The molecule has 0 fully saturated rings. The number of anilines is 1. The predicted molar refractivity (Wildman–Crippen MR) is 110 cm³/mol. The topological polar surface area (TPSA) is 81.1 Å². The molecule has 0 unspecified atom stereocenters. The summed E-state index contributed by atoms with van der Waals surface area (Å²) in [6.45, 7) is 3.66. The zero-order valence-corrected chi connectivity index (χ0v) is 17.0. The van der Waals surface area contributed by atoms with Gasteiger partial charge >= 0.3 is 5.76 Å². The van der Waals surface area contributed by atoms with E-state index < -0.39 is 26.4 Å². The number of alkyl halides is 2. The van der Waals surface area contributed by atoms with Crippen LogP contribution in [0, 0.1) is 13.8 Å². The lowest BCUT2D eigenvalue weighted by Gasteiger charge is -2.10. The average Bonchev–Trinajstić information content (AvgIpc) is 3.01. The summed E-state index contributed by atoms with van der Waals surface area (Å²) in [6, 6.07) is 14.5. The first-order valence-corrected chi connectivity index (χ1v) is 10.5. The summed E-state index contributed by atoms with van der Waals surface area (Å²) >= 11 is 0. The number of nitrogens with one attached hydrogen (secondary N) is 1. The Balaban J connectivity index is 1.85. The van der Waals surface area contributed by atoms with Crippen LogP contribution < -0.4 is 5.32 Å². The van der Waals surface area contributed by atoms with Crippen LogP contribution in [-0.4, -0.2) is 29.9 Å². The maximum atomic E-state index is 12.9. The summed E-state index contributed by atoms with van der Waals surface area (Å²) < 4.78 is 51.2. The number of benzene rings is 2. The number of amides is 1. The molecule has 0 bridgehead atoms. The zero-order chi connectivity index (χ0) is 21.9. The van der Waals surface area contributed by atoms with Gasteiger partial charge in [-0.15, -0.1) is 0 Å². The minimum absolute atomic E-state index is 0.208. The number of hydrogen-bond acceptors (Lipinski definition) is 4. The number of carbonyl (C=O) groups excluding carboxylic acids is 1. The summed E-state index contributed by atoms with van der Waals surface area (Å²) in [5.74, 6) is -4.24. The van der Waals surface area contributed by atoms with Crippen LogP contribution in [-0.2, 0) is 14.6 Å². The van der Waals surface area contributed by atoms with E-state index in [1.165, 1.54) is 24.3 Å². The minimum Gasteiger partial charge on any atom is -0.321 e. The number of hydrogen-bond donors (Lipinski definition) is 1. The van der Waals surface area contributed by atoms with Gasteiger partial charge in [-0.25, -0.2) is 13.1 Å². The van der Waals surface area contributed by atoms with Crippen molar-refractivity contribution in [2.45, 2.75) is 24.5 Å². The lowest BCUT2D eigenvalue weighted by molar-refractivity contribution is -0.111. The van der Waals surface area contributed by atoms with Gasteiger partial charge in [0.25, 0.3) is 0 Å². The van der Waals surface area contributed by atoms with E-state index in [9.17, 15) is 22.0 Å². The minimum atomic E-state index is -4.85. The Morgan fingerprint density at radius 2 is 1.70 bits per heavy atom. The molecule has 3 aromatic rings. The molecule has 156 valence electrons. The van der Waals surface area contributed by atoms with Crippen LogP contribution in [0.15, 0.2) is 65.6 Å². The fourth-order valence-corrected chi connectivity index (χ4v) is 3.85. The van der Waals surface area contributed by atoms with Crippen molar-refractivity contribution in [3.8, 4) is 5.69 Å². The molecule has 30 heavy (non-hydrogen) atoms. The molecule has 1 N–H and O–H groups in total. The predicted octanol–water partition coefficient (Wildman–Crippen LogP) is 4.14. The van der Waals surface area contributed by atoms with E-state index in [-0.39, 0.29) is 5.69 Å². The normalized spacial score (nSPS) is 11.9. The van der Waals surface area contributed by atoms with Gasteiger partial charge in [0, 0.05) is 17.3 Å². The molecule has 0 spiro atoms. The van der Waals surface area contributed by atoms with Crippen molar-refractivity contribution in [2.75, 3.05) is 5.32 Å². The van der Waals surface area contributed by atoms with Gasteiger partial charge in [-0.05, 0) is 44.2 Å². The number of nitrogens with zero attached hydrogens (tertiary/aromatic N) is 2. The van der Waals surface area contributed by atoms with Gasteiger partial charge in [0.05, 0.1) is 22.0 Å². The van der Waals surface area contributed by atoms with Crippen molar-refractivity contribution in [2.24, 2.45) is 0 Å². The number of sulfone groups is 1. The largest absolute Gasteiger partial charge is 0.341 e. The molecule has 9 heteroatoms. The molecule has 0 aliphatic rings. The number of aryl methyl sites for hydroxylation is 1. The van der Waals surface area contributed by atoms with Crippen molar-refractivity contribution in [3.63, 3.8) is 0 Å². The van der Waals surface area contributed by atoms with Crippen molar-refractivity contribution in [1.82, 2.24) is 9.78 Å². The molecule has 1 heterocycles. The Morgan fingerprint density at radius 1 is 1.07 bits per heavy atom. The maximum absolute atomic E-state index is 12.9. The summed E-state index contributed by atoms with van der Waals surface area (Å²) in [5.41, 5.74) is 2.89. The fraction of sp³-hybridized carbons (Fsp3) is 0.143. The van der Waals surface area contributed by atoms with E-state index in [2.05, 4.69) is 10.4 Å². The van der Waals surface area contributed by atoms with Crippen LogP contribution in [0.1, 0.15) is 17.0 Å². The van der Waals surface area contributed by atoms with Crippen molar-refractivity contribution >= 4 is 27.5 Å². The molecular formula is C21H19F2N3O3S. The van der Waals surface area contributed by atoms with Crippen molar-refractivity contribution < 1.29 is 22.0 Å². The third-order valence-corrected chi connectivity index (χ3v) is 5.87. The number of rotatable bonds is 6. The van der Waals surface area contributed by atoms with E-state index in [1.54, 1.807) is 17.7 Å². The molecule has 1 amide bonds. The third kappa shape index (κ3) is 4.30. The Kier molecular flexibility index (Phi) is 6.12. The first-order valence-electron chi connectivity index (χ1n) is 8.93. The molecule has 0 aliphatic carbocycles. The highest BCUT2D eigenvalue weighted by molar-refractivity contribution is 7.91. The molecular weight excluding hydrogens is 412 g/mol.